The van der Waals surface area contributed by atoms with E-state index < -0.39 is 5.82 Å². The Morgan fingerprint density at radius 1 is 1.53 bits per heavy atom. The van der Waals surface area contributed by atoms with Gasteiger partial charge >= 0.3 is 0 Å². The molecule has 0 spiro atoms. The van der Waals surface area contributed by atoms with Gasteiger partial charge in [-0.25, -0.2) is 4.39 Å². The van der Waals surface area contributed by atoms with Gasteiger partial charge in [0.2, 0.25) is 5.91 Å². The normalized spacial score (nSPS) is 16.6. The molecule has 0 aromatic heterocycles. The predicted molar refractivity (Wildman–Crippen MR) is 70.2 cm³/mol. The van der Waals surface area contributed by atoms with E-state index in [0.29, 0.717) is 12.2 Å². The van der Waals surface area contributed by atoms with Gasteiger partial charge in [-0.2, -0.15) is 12.6 Å². The summed E-state index contributed by atoms with van der Waals surface area (Å²) in [5, 5.41) is 2.56. The number of benzene rings is 1. The molecule has 1 aromatic carbocycles. The molecule has 2 nitrogen and oxygen atoms in total. The summed E-state index contributed by atoms with van der Waals surface area (Å²) in [5.41, 5.74) is 0.167. The topological polar surface area (TPSA) is 29.1 Å². The van der Waals surface area contributed by atoms with Crippen molar-refractivity contribution in [2.24, 2.45) is 5.41 Å². The Morgan fingerprint density at radius 3 is 2.82 bits per heavy atom. The van der Waals surface area contributed by atoms with Crippen LogP contribution < -0.4 is 5.32 Å². The molecule has 0 atom stereocenters. The summed E-state index contributed by atoms with van der Waals surface area (Å²) in [7, 11) is 0. The molecule has 0 radical (unpaired) electrons. The zero-order valence-corrected chi connectivity index (χ0v) is 10.8. The monoisotopic (exact) mass is 273 g/mol. The van der Waals surface area contributed by atoms with E-state index in [2.05, 4.69) is 17.9 Å². The molecule has 0 heterocycles. The van der Waals surface area contributed by atoms with Crippen LogP contribution in [0.5, 0.6) is 0 Å². The Hall–Kier alpha value is -0.740. The highest BCUT2D eigenvalue weighted by Crippen LogP contribution is 2.49. The average Bonchev–Trinajstić information content (AvgIpc) is 3.05. The van der Waals surface area contributed by atoms with Crippen LogP contribution in [-0.2, 0) is 4.79 Å². The first-order chi connectivity index (χ1) is 8.06. The summed E-state index contributed by atoms with van der Waals surface area (Å²) in [6.45, 7) is 0. The molecular weight excluding hydrogens is 261 g/mol. The summed E-state index contributed by atoms with van der Waals surface area (Å²) < 4.78 is 13.5. The molecular formula is C12H13ClFNOS. The number of carbonyl (C=O) groups excluding carboxylic acids is 1. The summed E-state index contributed by atoms with van der Waals surface area (Å²) in [5.74, 6) is -0.0747. The predicted octanol–water partition coefficient (Wildman–Crippen LogP) is 3.52. The number of nitrogens with one attached hydrogen (secondary N) is 1. The van der Waals surface area contributed by atoms with E-state index in [1.807, 2.05) is 0 Å². The van der Waals surface area contributed by atoms with Crippen molar-refractivity contribution in [1.29, 1.82) is 0 Å². The molecule has 2 rings (SSSR count). The van der Waals surface area contributed by atoms with Crippen molar-refractivity contribution < 1.29 is 9.18 Å². The number of hydrogen-bond donors (Lipinski definition) is 2. The standard InChI is InChI=1S/C12H13ClFNOS/c13-8-2-1-3-9(11(8)14)15-10(16)6-12(7-17)4-5-12/h1-3,17H,4-7H2,(H,15,16). The van der Waals surface area contributed by atoms with Gasteiger partial charge < -0.3 is 5.32 Å². The van der Waals surface area contributed by atoms with Crippen LogP contribution >= 0.6 is 24.2 Å². The second kappa shape index (κ2) is 4.86. The number of anilines is 1. The summed E-state index contributed by atoms with van der Waals surface area (Å²) >= 11 is 9.86. The highest BCUT2D eigenvalue weighted by molar-refractivity contribution is 7.80. The molecule has 0 unspecified atom stereocenters. The van der Waals surface area contributed by atoms with Gasteiger partial charge in [0, 0.05) is 6.42 Å². The van der Waals surface area contributed by atoms with Gasteiger partial charge in [-0.15, -0.1) is 0 Å². The van der Waals surface area contributed by atoms with Gasteiger partial charge in [0.25, 0.3) is 0 Å². The van der Waals surface area contributed by atoms with Crippen LogP contribution in [0.3, 0.4) is 0 Å². The molecule has 1 aliphatic rings. The fraction of sp³-hybridized carbons (Fsp3) is 0.417. The maximum absolute atomic E-state index is 13.5. The third-order valence-electron chi connectivity index (χ3n) is 3.05. The second-order valence-corrected chi connectivity index (χ2v) is 5.21. The fourth-order valence-corrected chi connectivity index (χ4v) is 2.31. The molecule has 0 bridgehead atoms. The van der Waals surface area contributed by atoms with Crippen LogP contribution in [0.25, 0.3) is 0 Å². The Balaban J connectivity index is 2.01. The summed E-state index contributed by atoms with van der Waals surface area (Å²) in [6.07, 6.45) is 2.42. The van der Waals surface area contributed by atoms with Crippen molar-refractivity contribution >= 4 is 35.8 Å². The zero-order valence-electron chi connectivity index (χ0n) is 9.17. The minimum absolute atomic E-state index is 0.0122. The molecule has 1 aliphatic carbocycles. The fourth-order valence-electron chi connectivity index (χ4n) is 1.70. The molecule has 1 aromatic rings. The van der Waals surface area contributed by atoms with Crippen LogP contribution in [0, 0.1) is 11.2 Å². The minimum atomic E-state index is -0.585. The molecule has 1 amide bonds. The van der Waals surface area contributed by atoms with Crippen molar-refractivity contribution in [2.75, 3.05) is 11.1 Å². The lowest BCUT2D eigenvalue weighted by atomic mass is 10.1. The van der Waals surface area contributed by atoms with Gasteiger partial charge in [-0.3, -0.25) is 4.79 Å². The molecule has 17 heavy (non-hydrogen) atoms. The Bertz CT molecular complexity index is 448. The molecule has 1 fully saturated rings. The van der Waals surface area contributed by atoms with Crippen molar-refractivity contribution in [3.63, 3.8) is 0 Å². The van der Waals surface area contributed by atoms with E-state index in [9.17, 15) is 9.18 Å². The lowest BCUT2D eigenvalue weighted by Crippen LogP contribution is -2.18. The summed E-state index contributed by atoms with van der Waals surface area (Å²) in [4.78, 5) is 11.7. The number of rotatable bonds is 4. The largest absolute Gasteiger partial charge is 0.324 e. The van der Waals surface area contributed by atoms with Crippen LogP contribution in [-0.4, -0.2) is 11.7 Å². The van der Waals surface area contributed by atoms with Crippen LogP contribution in [0.4, 0.5) is 10.1 Å². The minimum Gasteiger partial charge on any atom is -0.324 e. The highest BCUT2D eigenvalue weighted by Gasteiger charge is 2.42. The number of thiol groups is 1. The van der Waals surface area contributed by atoms with Gasteiger partial charge in [-0.1, -0.05) is 17.7 Å². The number of hydrogen-bond acceptors (Lipinski definition) is 2. The van der Waals surface area contributed by atoms with Crippen molar-refractivity contribution in [1.82, 2.24) is 0 Å². The number of amides is 1. The van der Waals surface area contributed by atoms with Crippen LogP contribution in [0.15, 0.2) is 18.2 Å². The molecule has 0 aliphatic heterocycles. The van der Waals surface area contributed by atoms with Crippen molar-refractivity contribution in [3.05, 3.63) is 29.0 Å². The van der Waals surface area contributed by atoms with E-state index in [-0.39, 0.29) is 22.0 Å². The quantitative estimate of drug-likeness (QED) is 0.808. The number of carbonyl (C=O) groups is 1. The van der Waals surface area contributed by atoms with Crippen molar-refractivity contribution in [2.45, 2.75) is 19.3 Å². The van der Waals surface area contributed by atoms with E-state index in [1.54, 1.807) is 6.07 Å². The number of halogens is 2. The molecule has 1 saturated carbocycles. The third kappa shape index (κ3) is 2.93. The first-order valence-corrected chi connectivity index (χ1v) is 6.42. The Morgan fingerprint density at radius 2 is 2.24 bits per heavy atom. The summed E-state index contributed by atoms with van der Waals surface area (Å²) in [6, 6.07) is 4.55. The maximum Gasteiger partial charge on any atom is 0.225 e. The van der Waals surface area contributed by atoms with Gasteiger partial charge in [-0.05, 0) is 36.1 Å². The van der Waals surface area contributed by atoms with E-state index in [1.165, 1.54) is 12.1 Å². The molecule has 0 saturated heterocycles. The first kappa shape index (κ1) is 12.7. The van der Waals surface area contributed by atoms with Gasteiger partial charge in [0.05, 0.1) is 10.7 Å². The Kier molecular flexibility index (Phi) is 3.64. The third-order valence-corrected chi connectivity index (χ3v) is 4.02. The SMILES string of the molecule is O=C(CC1(CS)CC1)Nc1cccc(Cl)c1F. The lowest BCUT2D eigenvalue weighted by molar-refractivity contribution is -0.117. The zero-order chi connectivity index (χ0) is 12.5. The first-order valence-electron chi connectivity index (χ1n) is 5.41. The Labute approximate surface area is 110 Å². The van der Waals surface area contributed by atoms with Gasteiger partial charge in [0.1, 0.15) is 0 Å². The maximum atomic E-state index is 13.5. The van der Waals surface area contributed by atoms with Gasteiger partial charge in [0.15, 0.2) is 5.82 Å². The van der Waals surface area contributed by atoms with E-state index in [0.717, 1.165) is 12.8 Å². The smallest absolute Gasteiger partial charge is 0.225 e. The van der Waals surface area contributed by atoms with E-state index in [4.69, 9.17) is 11.6 Å². The average molecular weight is 274 g/mol. The molecule has 5 heteroatoms. The lowest BCUT2D eigenvalue weighted by Gasteiger charge is -2.12. The highest BCUT2D eigenvalue weighted by atomic mass is 35.5. The van der Waals surface area contributed by atoms with E-state index >= 15 is 0 Å². The van der Waals surface area contributed by atoms with Crippen LogP contribution in [0.1, 0.15) is 19.3 Å². The van der Waals surface area contributed by atoms with Crippen molar-refractivity contribution in [3.8, 4) is 0 Å². The molecule has 1 N–H and O–H groups in total. The molecule has 92 valence electrons. The second-order valence-electron chi connectivity index (χ2n) is 4.48. The van der Waals surface area contributed by atoms with Crippen LogP contribution in [0.2, 0.25) is 5.02 Å².